The number of aromatic nitrogens is 4. The van der Waals surface area contributed by atoms with Gasteiger partial charge in [0.15, 0.2) is 0 Å². The van der Waals surface area contributed by atoms with Crippen molar-refractivity contribution in [2.75, 3.05) is 20.1 Å². The Morgan fingerprint density at radius 1 is 1.32 bits per heavy atom. The molecule has 0 saturated carbocycles. The van der Waals surface area contributed by atoms with Gasteiger partial charge in [-0.2, -0.15) is 5.10 Å². The highest BCUT2D eigenvalue weighted by atomic mass is 16.2. The molecule has 0 spiro atoms. The second-order valence-electron chi connectivity index (χ2n) is 7.69. The highest BCUT2D eigenvalue weighted by Crippen LogP contribution is 2.21. The van der Waals surface area contributed by atoms with Gasteiger partial charge in [0.2, 0.25) is 0 Å². The molecule has 0 atom stereocenters. The van der Waals surface area contributed by atoms with Gasteiger partial charge < -0.3 is 14.5 Å². The zero-order chi connectivity index (χ0) is 19.8. The number of hydrogen-bond acceptors (Lipinski definition) is 4. The van der Waals surface area contributed by atoms with Crippen LogP contribution >= 0.6 is 0 Å². The van der Waals surface area contributed by atoms with Gasteiger partial charge in [0, 0.05) is 57.2 Å². The average molecular weight is 382 g/mol. The summed E-state index contributed by atoms with van der Waals surface area (Å²) in [7, 11) is 3.54. The fourth-order valence-electron chi connectivity index (χ4n) is 3.99. The number of fused-ring (bicyclic) bond motifs is 1. The number of hydrogen-bond donors (Lipinski definition) is 1. The first-order chi connectivity index (χ1) is 13.4. The molecule has 1 saturated heterocycles. The number of aromatic amines is 1. The Bertz CT molecular complexity index is 1050. The van der Waals surface area contributed by atoms with E-state index >= 15 is 0 Å². The molecule has 0 radical (unpaired) electrons. The summed E-state index contributed by atoms with van der Waals surface area (Å²) in [5.41, 5.74) is 2.08. The monoisotopic (exact) mass is 382 g/mol. The second-order valence-corrected chi connectivity index (χ2v) is 7.69. The van der Waals surface area contributed by atoms with E-state index in [1.165, 1.54) is 4.57 Å². The summed E-state index contributed by atoms with van der Waals surface area (Å²) in [4.78, 5) is 32.5. The third-order valence-corrected chi connectivity index (χ3v) is 5.66. The van der Waals surface area contributed by atoms with Gasteiger partial charge in [-0.1, -0.05) is 0 Å². The third kappa shape index (κ3) is 3.35. The molecule has 4 rings (SSSR count). The van der Waals surface area contributed by atoms with Crippen LogP contribution in [0.3, 0.4) is 0 Å². The van der Waals surface area contributed by atoms with Crippen LogP contribution in [0.15, 0.2) is 35.6 Å². The lowest BCUT2D eigenvalue weighted by Gasteiger charge is -2.36. The van der Waals surface area contributed by atoms with E-state index < -0.39 is 0 Å². The summed E-state index contributed by atoms with van der Waals surface area (Å²) in [5, 5.41) is 5.04. The van der Waals surface area contributed by atoms with Crippen LogP contribution in [-0.4, -0.2) is 61.2 Å². The molecule has 1 fully saturated rings. The van der Waals surface area contributed by atoms with E-state index in [0.717, 1.165) is 38.2 Å². The van der Waals surface area contributed by atoms with E-state index in [2.05, 4.69) is 15.0 Å². The number of nitrogens with zero attached hydrogens (tertiary/aromatic N) is 5. The number of H-pyrrole nitrogens is 1. The van der Waals surface area contributed by atoms with Crippen LogP contribution < -0.4 is 5.56 Å². The minimum Gasteiger partial charge on any atom is -0.357 e. The van der Waals surface area contributed by atoms with Gasteiger partial charge in [-0.25, -0.2) is 0 Å². The highest BCUT2D eigenvalue weighted by Gasteiger charge is 2.27. The maximum Gasteiger partial charge on any atom is 0.274 e. The molecule has 3 aromatic heterocycles. The van der Waals surface area contributed by atoms with Crippen LogP contribution in [0.1, 0.15) is 28.8 Å². The lowest BCUT2D eigenvalue weighted by molar-refractivity contribution is 0.0608. The Balaban J connectivity index is 1.45. The first kappa shape index (κ1) is 18.5. The lowest BCUT2D eigenvalue weighted by atomic mass is 10.0. The summed E-state index contributed by atoms with van der Waals surface area (Å²) in [6.45, 7) is 4.67. The molecule has 8 heteroatoms. The van der Waals surface area contributed by atoms with Gasteiger partial charge in [0.05, 0.1) is 18.4 Å². The third-order valence-electron chi connectivity index (χ3n) is 5.66. The Morgan fingerprint density at radius 3 is 2.75 bits per heavy atom. The molecule has 1 aliphatic rings. The molecule has 0 unspecified atom stereocenters. The Kier molecular flexibility index (Phi) is 4.80. The number of piperidine rings is 1. The zero-order valence-corrected chi connectivity index (χ0v) is 16.6. The average Bonchev–Trinajstić information content (AvgIpc) is 3.33. The molecule has 4 heterocycles. The summed E-state index contributed by atoms with van der Waals surface area (Å²) < 4.78 is 3.42. The number of amides is 1. The van der Waals surface area contributed by atoms with Crippen LogP contribution in [-0.2, 0) is 13.7 Å². The van der Waals surface area contributed by atoms with E-state index in [0.29, 0.717) is 16.5 Å². The Hall–Kier alpha value is -2.87. The van der Waals surface area contributed by atoms with Crippen molar-refractivity contribution in [3.05, 3.63) is 52.3 Å². The standard InChI is InChI=1S/C20H26N6O2/c1-14-10-22-26(11-14)13-25-8-5-15(6-9-25)24(3)19(27)17-12-23(2)20(28)18-16(17)4-7-21-18/h4,7,10-12,15,21H,5-6,8-9,13H2,1-3H3. The van der Waals surface area contributed by atoms with E-state index in [1.807, 2.05) is 35.9 Å². The summed E-state index contributed by atoms with van der Waals surface area (Å²) in [6, 6.07) is 1.99. The number of rotatable bonds is 4. The van der Waals surface area contributed by atoms with Gasteiger partial charge >= 0.3 is 0 Å². The predicted octanol–water partition coefficient (Wildman–Crippen LogP) is 1.57. The van der Waals surface area contributed by atoms with E-state index in [-0.39, 0.29) is 17.5 Å². The molecule has 8 nitrogen and oxygen atoms in total. The van der Waals surface area contributed by atoms with E-state index in [9.17, 15) is 9.59 Å². The molecule has 0 aliphatic carbocycles. The van der Waals surface area contributed by atoms with Gasteiger partial charge in [0.1, 0.15) is 5.52 Å². The second kappa shape index (κ2) is 7.27. The molecule has 148 valence electrons. The van der Waals surface area contributed by atoms with Crippen molar-refractivity contribution in [1.82, 2.24) is 29.1 Å². The molecular weight excluding hydrogens is 356 g/mol. The van der Waals surface area contributed by atoms with Crippen molar-refractivity contribution in [1.29, 1.82) is 0 Å². The van der Waals surface area contributed by atoms with Crippen molar-refractivity contribution in [3.8, 4) is 0 Å². The van der Waals surface area contributed by atoms with Crippen LogP contribution in [0.5, 0.6) is 0 Å². The molecule has 0 aromatic carbocycles. The smallest absolute Gasteiger partial charge is 0.274 e. The predicted molar refractivity (Wildman–Crippen MR) is 107 cm³/mol. The maximum absolute atomic E-state index is 13.2. The summed E-state index contributed by atoms with van der Waals surface area (Å²) in [6.07, 6.45) is 9.11. The minimum atomic E-state index is -0.124. The number of carbonyl (C=O) groups is 1. The summed E-state index contributed by atoms with van der Waals surface area (Å²) in [5.74, 6) is -0.0404. The van der Waals surface area contributed by atoms with Crippen LogP contribution in [0.25, 0.3) is 10.9 Å². The maximum atomic E-state index is 13.2. The number of aryl methyl sites for hydroxylation is 2. The topological polar surface area (TPSA) is 79.2 Å². The fourth-order valence-corrected chi connectivity index (χ4v) is 3.99. The minimum absolute atomic E-state index is 0.0404. The first-order valence-electron chi connectivity index (χ1n) is 9.59. The molecule has 28 heavy (non-hydrogen) atoms. The normalized spacial score (nSPS) is 16.0. The molecule has 0 bridgehead atoms. The molecule has 1 amide bonds. The van der Waals surface area contributed by atoms with Crippen LogP contribution in [0.4, 0.5) is 0 Å². The number of pyridine rings is 1. The van der Waals surface area contributed by atoms with Gasteiger partial charge in [-0.3, -0.25) is 19.2 Å². The van der Waals surface area contributed by atoms with Gasteiger partial charge in [-0.15, -0.1) is 0 Å². The van der Waals surface area contributed by atoms with E-state index in [1.54, 1.807) is 25.5 Å². The molecular formula is C20H26N6O2. The first-order valence-corrected chi connectivity index (χ1v) is 9.59. The van der Waals surface area contributed by atoms with Crippen molar-refractivity contribution >= 4 is 16.8 Å². The quantitative estimate of drug-likeness (QED) is 0.743. The van der Waals surface area contributed by atoms with Gasteiger partial charge in [-0.05, 0) is 31.4 Å². The van der Waals surface area contributed by atoms with Crippen molar-refractivity contribution < 1.29 is 4.79 Å². The fraction of sp³-hybridized carbons (Fsp3) is 0.450. The SMILES string of the molecule is Cc1cnn(CN2CCC(N(C)C(=O)c3cn(C)c(=O)c4[nH]ccc34)CC2)c1. The van der Waals surface area contributed by atoms with Crippen molar-refractivity contribution in [2.45, 2.75) is 32.5 Å². The number of carbonyl (C=O) groups excluding carboxylic acids is 1. The Morgan fingerprint density at radius 2 is 2.07 bits per heavy atom. The molecule has 3 aromatic rings. The lowest BCUT2D eigenvalue weighted by Crippen LogP contribution is -2.46. The van der Waals surface area contributed by atoms with Crippen LogP contribution in [0.2, 0.25) is 0 Å². The number of likely N-dealkylation sites (tertiary alicyclic amines) is 1. The van der Waals surface area contributed by atoms with Gasteiger partial charge in [0.25, 0.3) is 11.5 Å². The number of nitrogens with one attached hydrogen (secondary N) is 1. The van der Waals surface area contributed by atoms with Crippen molar-refractivity contribution in [2.24, 2.45) is 7.05 Å². The Labute approximate surface area is 163 Å². The van der Waals surface area contributed by atoms with Crippen LogP contribution in [0, 0.1) is 6.92 Å². The largest absolute Gasteiger partial charge is 0.357 e. The zero-order valence-electron chi connectivity index (χ0n) is 16.6. The van der Waals surface area contributed by atoms with E-state index in [4.69, 9.17) is 0 Å². The highest BCUT2D eigenvalue weighted by molar-refractivity contribution is 6.05. The summed E-state index contributed by atoms with van der Waals surface area (Å²) >= 11 is 0. The molecule has 1 aliphatic heterocycles. The van der Waals surface area contributed by atoms with Crippen molar-refractivity contribution in [3.63, 3.8) is 0 Å². The molecule has 1 N–H and O–H groups in total.